The summed E-state index contributed by atoms with van der Waals surface area (Å²) in [6, 6.07) is 21.1. The summed E-state index contributed by atoms with van der Waals surface area (Å²) in [7, 11) is 0. The van der Waals surface area contributed by atoms with Crippen LogP contribution in [0.2, 0.25) is 0 Å². The molecule has 0 aliphatic rings. The van der Waals surface area contributed by atoms with E-state index >= 15 is 0 Å². The van der Waals surface area contributed by atoms with Gasteiger partial charge in [0.25, 0.3) is 0 Å². The molecule has 0 aliphatic carbocycles. The fourth-order valence-corrected chi connectivity index (χ4v) is 2.28. The van der Waals surface area contributed by atoms with Crippen molar-refractivity contribution in [1.29, 1.82) is 0 Å². The third-order valence-electron chi connectivity index (χ3n) is 3.44. The van der Waals surface area contributed by atoms with E-state index in [0.717, 1.165) is 16.7 Å². The first-order chi connectivity index (χ1) is 10.6. The van der Waals surface area contributed by atoms with Gasteiger partial charge in [0.15, 0.2) is 0 Å². The van der Waals surface area contributed by atoms with Gasteiger partial charge in [0.05, 0.1) is 5.69 Å². The van der Waals surface area contributed by atoms with Crippen LogP contribution in [0.25, 0.3) is 22.4 Å². The molecule has 0 saturated carbocycles. The smallest absolute Gasteiger partial charge is 0.339 e. The van der Waals surface area contributed by atoms with Crippen molar-refractivity contribution in [3.8, 4) is 22.4 Å². The third-order valence-corrected chi connectivity index (χ3v) is 3.44. The maximum atomic E-state index is 11.0. The molecule has 1 heterocycles. The van der Waals surface area contributed by atoms with Crippen molar-refractivity contribution in [3.05, 3.63) is 72.3 Å². The van der Waals surface area contributed by atoms with Crippen molar-refractivity contribution in [2.45, 2.75) is 0 Å². The number of hydrogen-bond acceptors (Lipinski definition) is 3. The Morgan fingerprint density at radius 3 is 2.00 bits per heavy atom. The fourth-order valence-electron chi connectivity index (χ4n) is 2.28. The number of nitrogens with zero attached hydrogens (tertiary/aromatic N) is 1. The second-order valence-electron chi connectivity index (χ2n) is 4.88. The Bertz CT molecular complexity index is 812. The zero-order valence-electron chi connectivity index (χ0n) is 11.7. The molecule has 108 valence electrons. The molecule has 3 aromatic rings. The minimum atomic E-state index is -1.07. The average Bonchev–Trinajstić information content (AvgIpc) is 2.55. The number of aromatic carboxylic acids is 1. The van der Waals surface area contributed by atoms with Crippen molar-refractivity contribution in [3.63, 3.8) is 0 Å². The normalized spacial score (nSPS) is 10.4. The van der Waals surface area contributed by atoms with Gasteiger partial charge in [0.2, 0.25) is 0 Å². The Labute approximate surface area is 127 Å². The van der Waals surface area contributed by atoms with Crippen LogP contribution in [0.5, 0.6) is 0 Å². The monoisotopic (exact) mass is 290 g/mol. The lowest BCUT2D eigenvalue weighted by Gasteiger charge is -2.06. The number of anilines is 1. The highest BCUT2D eigenvalue weighted by Crippen LogP contribution is 2.25. The molecule has 3 N–H and O–H groups in total. The van der Waals surface area contributed by atoms with E-state index < -0.39 is 5.97 Å². The summed E-state index contributed by atoms with van der Waals surface area (Å²) in [5.41, 5.74) is 9.51. The van der Waals surface area contributed by atoms with Gasteiger partial charge in [-0.2, -0.15) is 0 Å². The molecule has 22 heavy (non-hydrogen) atoms. The van der Waals surface area contributed by atoms with Gasteiger partial charge in [0.1, 0.15) is 11.4 Å². The van der Waals surface area contributed by atoms with Gasteiger partial charge in [-0.25, -0.2) is 9.78 Å². The summed E-state index contributed by atoms with van der Waals surface area (Å²) < 4.78 is 0. The van der Waals surface area contributed by atoms with Crippen LogP contribution in [0.3, 0.4) is 0 Å². The summed E-state index contributed by atoms with van der Waals surface area (Å²) in [5, 5.41) is 8.97. The standard InChI is InChI=1S/C18H14N2O2/c19-17-15(18(21)22)10-11-16(20-17)14-8-6-13(7-9-14)12-4-2-1-3-5-12/h1-11H,(H2,19,20)(H,21,22). The Hall–Kier alpha value is -3.14. The molecule has 0 amide bonds. The van der Waals surface area contributed by atoms with Crippen molar-refractivity contribution in [1.82, 2.24) is 4.98 Å². The molecule has 0 saturated heterocycles. The molecule has 0 unspecified atom stereocenters. The van der Waals surface area contributed by atoms with Crippen molar-refractivity contribution < 1.29 is 9.90 Å². The second kappa shape index (κ2) is 5.69. The van der Waals surface area contributed by atoms with Crippen LogP contribution in [0.15, 0.2) is 66.7 Å². The lowest BCUT2D eigenvalue weighted by molar-refractivity contribution is 0.0697. The number of pyridine rings is 1. The minimum Gasteiger partial charge on any atom is -0.478 e. The zero-order chi connectivity index (χ0) is 15.5. The fraction of sp³-hybridized carbons (Fsp3) is 0. The van der Waals surface area contributed by atoms with Crippen LogP contribution in [0.1, 0.15) is 10.4 Å². The van der Waals surface area contributed by atoms with E-state index in [1.54, 1.807) is 6.07 Å². The first kappa shape index (κ1) is 13.8. The van der Waals surface area contributed by atoms with Crippen LogP contribution in [0.4, 0.5) is 5.82 Å². The number of carbonyl (C=O) groups is 1. The van der Waals surface area contributed by atoms with Crippen LogP contribution in [-0.4, -0.2) is 16.1 Å². The molecular weight excluding hydrogens is 276 g/mol. The first-order valence-electron chi connectivity index (χ1n) is 6.81. The number of rotatable bonds is 3. The number of aromatic nitrogens is 1. The number of carboxylic acid groups (broad SMARTS) is 1. The molecular formula is C18H14N2O2. The first-order valence-corrected chi connectivity index (χ1v) is 6.81. The largest absolute Gasteiger partial charge is 0.478 e. The molecule has 0 aliphatic heterocycles. The average molecular weight is 290 g/mol. The van der Waals surface area contributed by atoms with Gasteiger partial charge in [-0.3, -0.25) is 0 Å². The number of carboxylic acids is 1. The van der Waals surface area contributed by atoms with E-state index in [0.29, 0.717) is 5.69 Å². The molecule has 0 spiro atoms. The summed E-state index contributed by atoms with van der Waals surface area (Å²) in [6.45, 7) is 0. The van der Waals surface area contributed by atoms with E-state index in [1.807, 2.05) is 54.6 Å². The molecule has 4 heteroatoms. The van der Waals surface area contributed by atoms with Gasteiger partial charge in [-0.1, -0.05) is 54.6 Å². The maximum absolute atomic E-state index is 11.0. The molecule has 0 fully saturated rings. The molecule has 0 bridgehead atoms. The molecule has 0 radical (unpaired) electrons. The van der Waals surface area contributed by atoms with E-state index in [9.17, 15) is 4.79 Å². The third kappa shape index (κ3) is 2.67. The lowest BCUT2D eigenvalue weighted by Crippen LogP contribution is -2.04. The Morgan fingerprint density at radius 1 is 0.818 bits per heavy atom. The topological polar surface area (TPSA) is 76.2 Å². The van der Waals surface area contributed by atoms with E-state index in [-0.39, 0.29) is 11.4 Å². The van der Waals surface area contributed by atoms with Crippen molar-refractivity contribution in [2.24, 2.45) is 0 Å². The van der Waals surface area contributed by atoms with Crippen LogP contribution < -0.4 is 5.73 Å². The number of nitrogens with two attached hydrogens (primary N) is 1. The predicted octanol–water partition coefficient (Wildman–Crippen LogP) is 3.70. The highest BCUT2D eigenvalue weighted by molar-refractivity contribution is 5.93. The number of hydrogen-bond donors (Lipinski definition) is 2. The second-order valence-corrected chi connectivity index (χ2v) is 4.88. The van der Waals surface area contributed by atoms with Crippen LogP contribution in [-0.2, 0) is 0 Å². The van der Waals surface area contributed by atoms with Gasteiger partial charge < -0.3 is 10.8 Å². The Kier molecular flexibility index (Phi) is 3.58. The Balaban J connectivity index is 1.93. The van der Waals surface area contributed by atoms with Gasteiger partial charge >= 0.3 is 5.97 Å². The summed E-state index contributed by atoms with van der Waals surface area (Å²) in [4.78, 5) is 15.1. The quantitative estimate of drug-likeness (QED) is 0.771. The van der Waals surface area contributed by atoms with Gasteiger partial charge in [-0.15, -0.1) is 0 Å². The van der Waals surface area contributed by atoms with E-state index in [1.165, 1.54) is 6.07 Å². The van der Waals surface area contributed by atoms with E-state index in [2.05, 4.69) is 4.98 Å². The molecule has 3 rings (SSSR count). The molecule has 2 aromatic carbocycles. The highest BCUT2D eigenvalue weighted by Gasteiger charge is 2.10. The molecule has 1 aromatic heterocycles. The summed E-state index contributed by atoms with van der Waals surface area (Å²) in [6.07, 6.45) is 0. The maximum Gasteiger partial charge on any atom is 0.339 e. The van der Waals surface area contributed by atoms with Crippen molar-refractivity contribution >= 4 is 11.8 Å². The van der Waals surface area contributed by atoms with Crippen LogP contribution >= 0.6 is 0 Å². The minimum absolute atomic E-state index is 0.0182. The lowest BCUT2D eigenvalue weighted by atomic mass is 10.0. The van der Waals surface area contributed by atoms with Gasteiger partial charge in [0, 0.05) is 5.56 Å². The molecule has 0 atom stereocenters. The SMILES string of the molecule is Nc1nc(-c2ccc(-c3ccccc3)cc2)ccc1C(=O)O. The van der Waals surface area contributed by atoms with E-state index in [4.69, 9.17) is 10.8 Å². The summed E-state index contributed by atoms with van der Waals surface area (Å²) in [5.74, 6) is -1.05. The summed E-state index contributed by atoms with van der Waals surface area (Å²) >= 11 is 0. The highest BCUT2D eigenvalue weighted by atomic mass is 16.4. The predicted molar refractivity (Wildman–Crippen MR) is 86.5 cm³/mol. The van der Waals surface area contributed by atoms with Crippen LogP contribution in [0, 0.1) is 0 Å². The van der Waals surface area contributed by atoms with Gasteiger partial charge in [-0.05, 0) is 23.3 Å². The molecule has 4 nitrogen and oxygen atoms in total. The zero-order valence-corrected chi connectivity index (χ0v) is 11.7. The van der Waals surface area contributed by atoms with Crippen molar-refractivity contribution in [2.75, 3.05) is 5.73 Å². The number of benzene rings is 2. The number of nitrogen functional groups attached to an aromatic ring is 1. The Morgan fingerprint density at radius 2 is 1.41 bits per heavy atom.